The second kappa shape index (κ2) is 7.01. The van der Waals surface area contributed by atoms with Crippen LogP contribution in [0.5, 0.6) is 0 Å². The van der Waals surface area contributed by atoms with Crippen molar-refractivity contribution in [3.05, 3.63) is 50.7 Å². The molecular weight excluding hydrogens is 372 g/mol. The van der Waals surface area contributed by atoms with Crippen LogP contribution in [0, 0.1) is 10.1 Å². The first-order valence-corrected chi connectivity index (χ1v) is 7.05. The molecule has 1 amide bonds. The first-order valence-electron chi connectivity index (χ1n) is 6.26. The van der Waals surface area contributed by atoms with Crippen molar-refractivity contribution in [2.24, 2.45) is 7.05 Å². The van der Waals surface area contributed by atoms with E-state index in [-0.39, 0.29) is 11.3 Å². The second-order valence-electron chi connectivity index (χ2n) is 4.45. The SMILES string of the molecule is Cn1cc(C(=O)OCC(=O)Nc2ccc([N+](=O)[O-])cc2Br)cn1. The maximum Gasteiger partial charge on any atom is 0.341 e. The lowest BCUT2D eigenvalue weighted by Crippen LogP contribution is -2.21. The standard InChI is InChI=1S/C13H11BrN4O5/c1-17-6-8(5-15-17)13(20)23-7-12(19)16-11-3-2-9(18(21)22)4-10(11)14/h2-6H,7H2,1H3,(H,16,19). The highest BCUT2D eigenvalue weighted by molar-refractivity contribution is 9.10. The van der Waals surface area contributed by atoms with Gasteiger partial charge in [-0.1, -0.05) is 0 Å². The molecule has 0 aliphatic heterocycles. The molecule has 23 heavy (non-hydrogen) atoms. The second-order valence-corrected chi connectivity index (χ2v) is 5.30. The van der Waals surface area contributed by atoms with Crippen LogP contribution in [0.15, 0.2) is 35.1 Å². The maximum absolute atomic E-state index is 11.8. The van der Waals surface area contributed by atoms with Gasteiger partial charge in [-0.2, -0.15) is 5.10 Å². The Morgan fingerprint density at radius 1 is 1.48 bits per heavy atom. The topological polar surface area (TPSA) is 116 Å². The van der Waals surface area contributed by atoms with Crippen LogP contribution < -0.4 is 5.32 Å². The number of rotatable bonds is 5. The highest BCUT2D eigenvalue weighted by Gasteiger charge is 2.14. The Kier molecular flexibility index (Phi) is 5.06. The number of anilines is 1. The van der Waals surface area contributed by atoms with Crippen LogP contribution in [-0.2, 0) is 16.6 Å². The van der Waals surface area contributed by atoms with Gasteiger partial charge in [-0.3, -0.25) is 19.6 Å². The van der Waals surface area contributed by atoms with Gasteiger partial charge in [0.05, 0.1) is 22.4 Å². The zero-order valence-electron chi connectivity index (χ0n) is 11.9. The number of nitrogens with zero attached hydrogens (tertiary/aromatic N) is 3. The minimum absolute atomic E-state index is 0.113. The number of aryl methyl sites for hydroxylation is 1. The van der Waals surface area contributed by atoms with Gasteiger partial charge in [0.2, 0.25) is 0 Å². The molecule has 9 nitrogen and oxygen atoms in total. The molecule has 0 fully saturated rings. The summed E-state index contributed by atoms with van der Waals surface area (Å²) in [5.74, 6) is -1.24. The van der Waals surface area contributed by atoms with E-state index in [1.807, 2.05) is 0 Å². The Bertz CT molecular complexity index is 773. The molecule has 2 rings (SSSR count). The molecular formula is C13H11BrN4O5. The number of nitrogens with one attached hydrogen (secondary N) is 1. The van der Waals surface area contributed by atoms with Crippen molar-refractivity contribution < 1.29 is 19.2 Å². The number of esters is 1. The normalized spacial score (nSPS) is 10.2. The Morgan fingerprint density at radius 2 is 2.22 bits per heavy atom. The fraction of sp³-hybridized carbons (Fsp3) is 0.154. The summed E-state index contributed by atoms with van der Waals surface area (Å²) in [4.78, 5) is 33.5. The molecule has 2 aromatic rings. The number of nitro benzene ring substituents is 1. The third-order valence-electron chi connectivity index (χ3n) is 2.71. The number of amides is 1. The maximum atomic E-state index is 11.8. The molecule has 1 heterocycles. The quantitative estimate of drug-likeness (QED) is 0.479. The molecule has 1 aromatic heterocycles. The summed E-state index contributed by atoms with van der Waals surface area (Å²) < 4.78 is 6.63. The van der Waals surface area contributed by atoms with Gasteiger partial charge in [0.15, 0.2) is 6.61 Å². The molecule has 0 radical (unpaired) electrons. The Hall–Kier alpha value is -2.75. The molecule has 120 valence electrons. The average molecular weight is 383 g/mol. The van der Waals surface area contributed by atoms with Crippen molar-refractivity contribution in [3.63, 3.8) is 0 Å². The van der Waals surface area contributed by atoms with E-state index in [1.165, 1.54) is 35.3 Å². The van der Waals surface area contributed by atoms with E-state index < -0.39 is 23.4 Å². The van der Waals surface area contributed by atoms with Crippen LogP contribution in [0.3, 0.4) is 0 Å². The Labute approximate surface area is 138 Å². The lowest BCUT2D eigenvalue weighted by Gasteiger charge is -2.07. The number of halogens is 1. The van der Waals surface area contributed by atoms with Gasteiger partial charge < -0.3 is 10.1 Å². The lowest BCUT2D eigenvalue weighted by molar-refractivity contribution is -0.384. The number of carbonyl (C=O) groups excluding carboxylic acids is 2. The molecule has 0 saturated heterocycles. The van der Waals surface area contributed by atoms with Crippen molar-refractivity contribution >= 4 is 39.2 Å². The number of hydrogen-bond donors (Lipinski definition) is 1. The third kappa shape index (κ3) is 4.36. The summed E-state index contributed by atoms with van der Waals surface area (Å²) in [7, 11) is 1.65. The van der Waals surface area contributed by atoms with Crippen LogP contribution in [0.25, 0.3) is 0 Å². The van der Waals surface area contributed by atoms with Crippen molar-refractivity contribution in [1.29, 1.82) is 0 Å². The predicted molar refractivity (Wildman–Crippen MR) is 82.9 cm³/mol. The number of carbonyl (C=O) groups is 2. The third-order valence-corrected chi connectivity index (χ3v) is 3.37. The summed E-state index contributed by atoms with van der Waals surface area (Å²) >= 11 is 3.13. The largest absolute Gasteiger partial charge is 0.452 e. The van der Waals surface area contributed by atoms with Crippen molar-refractivity contribution in [3.8, 4) is 0 Å². The van der Waals surface area contributed by atoms with Gasteiger partial charge in [-0.25, -0.2) is 4.79 Å². The number of ether oxygens (including phenoxy) is 1. The molecule has 0 aliphatic rings. The van der Waals surface area contributed by atoms with Crippen LogP contribution in [-0.4, -0.2) is 33.2 Å². The van der Waals surface area contributed by atoms with Gasteiger partial charge in [-0.05, 0) is 22.0 Å². The van der Waals surface area contributed by atoms with Crippen LogP contribution in [0.2, 0.25) is 0 Å². The van der Waals surface area contributed by atoms with Gasteiger partial charge in [0, 0.05) is 29.8 Å². The number of hydrogen-bond acceptors (Lipinski definition) is 6. The first kappa shape index (κ1) is 16.6. The average Bonchev–Trinajstić information content (AvgIpc) is 2.93. The summed E-state index contributed by atoms with van der Waals surface area (Å²) in [5.41, 5.74) is 0.452. The lowest BCUT2D eigenvalue weighted by atomic mass is 10.3. The van der Waals surface area contributed by atoms with Crippen LogP contribution >= 0.6 is 15.9 Å². The molecule has 10 heteroatoms. The van der Waals surface area contributed by atoms with E-state index in [2.05, 4.69) is 26.3 Å². The number of benzene rings is 1. The van der Waals surface area contributed by atoms with Gasteiger partial charge in [-0.15, -0.1) is 0 Å². The molecule has 0 unspecified atom stereocenters. The monoisotopic (exact) mass is 382 g/mol. The van der Waals surface area contributed by atoms with Crippen molar-refractivity contribution in [1.82, 2.24) is 9.78 Å². The first-order chi connectivity index (χ1) is 10.9. The van der Waals surface area contributed by atoms with E-state index in [9.17, 15) is 19.7 Å². The van der Waals surface area contributed by atoms with E-state index in [1.54, 1.807) is 7.05 Å². The minimum atomic E-state index is -0.670. The molecule has 0 saturated carbocycles. The molecule has 0 bridgehead atoms. The van der Waals surface area contributed by atoms with E-state index in [0.717, 1.165) is 0 Å². The zero-order chi connectivity index (χ0) is 17.0. The van der Waals surface area contributed by atoms with Gasteiger partial charge in [0.1, 0.15) is 0 Å². The fourth-order valence-corrected chi connectivity index (χ4v) is 2.11. The van der Waals surface area contributed by atoms with Crippen LogP contribution in [0.1, 0.15) is 10.4 Å². The molecule has 0 atom stereocenters. The van der Waals surface area contributed by atoms with E-state index in [0.29, 0.717) is 10.2 Å². The van der Waals surface area contributed by atoms with Crippen molar-refractivity contribution in [2.45, 2.75) is 0 Å². The smallest absolute Gasteiger partial charge is 0.341 e. The number of nitro groups is 1. The predicted octanol–water partition coefficient (Wildman–Crippen LogP) is 1.89. The molecule has 0 spiro atoms. The summed E-state index contributed by atoms with van der Waals surface area (Å²) in [6, 6.07) is 3.89. The van der Waals surface area contributed by atoms with E-state index in [4.69, 9.17) is 4.74 Å². The Balaban J connectivity index is 1.92. The summed E-state index contributed by atoms with van der Waals surface area (Å²) in [6.07, 6.45) is 2.79. The van der Waals surface area contributed by atoms with Gasteiger partial charge in [0.25, 0.3) is 11.6 Å². The number of aromatic nitrogens is 2. The highest BCUT2D eigenvalue weighted by Crippen LogP contribution is 2.26. The van der Waals surface area contributed by atoms with Crippen LogP contribution in [0.4, 0.5) is 11.4 Å². The Morgan fingerprint density at radius 3 is 2.78 bits per heavy atom. The van der Waals surface area contributed by atoms with E-state index >= 15 is 0 Å². The van der Waals surface area contributed by atoms with Crippen molar-refractivity contribution in [2.75, 3.05) is 11.9 Å². The molecule has 0 aliphatic carbocycles. The molecule has 1 aromatic carbocycles. The summed E-state index contributed by atoms with van der Waals surface area (Å²) in [6.45, 7) is -0.489. The minimum Gasteiger partial charge on any atom is -0.452 e. The fourth-order valence-electron chi connectivity index (χ4n) is 1.65. The summed E-state index contributed by atoms with van der Waals surface area (Å²) in [5, 5.41) is 16.9. The van der Waals surface area contributed by atoms with Gasteiger partial charge >= 0.3 is 5.97 Å². The zero-order valence-corrected chi connectivity index (χ0v) is 13.4. The molecule has 1 N–H and O–H groups in total. The highest BCUT2D eigenvalue weighted by atomic mass is 79.9. The number of non-ortho nitro benzene ring substituents is 1.